The molecule has 1 amide bonds. The second kappa shape index (κ2) is 7.27. The van der Waals surface area contributed by atoms with Gasteiger partial charge in [0.05, 0.1) is 17.9 Å². The highest BCUT2D eigenvalue weighted by Crippen LogP contribution is 2.16. The zero-order valence-electron chi connectivity index (χ0n) is 14.4. The zero-order chi connectivity index (χ0) is 17.8. The summed E-state index contributed by atoms with van der Waals surface area (Å²) in [6, 6.07) is 7.10. The minimum Gasteiger partial charge on any atom is -0.325 e. The molecular weight excluding hydrogens is 318 g/mol. The number of benzene rings is 1. The van der Waals surface area contributed by atoms with Gasteiger partial charge < -0.3 is 5.32 Å². The summed E-state index contributed by atoms with van der Waals surface area (Å²) < 4.78 is 1.66. The molecular formula is C17H21N7O. The van der Waals surface area contributed by atoms with Crippen LogP contribution in [0.25, 0.3) is 5.69 Å². The van der Waals surface area contributed by atoms with Gasteiger partial charge in [0.1, 0.15) is 12.7 Å². The Morgan fingerprint density at radius 3 is 2.60 bits per heavy atom. The Labute approximate surface area is 145 Å². The van der Waals surface area contributed by atoms with Gasteiger partial charge in [0.2, 0.25) is 5.91 Å². The van der Waals surface area contributed by atoms with E-state index in [0.29, 0.717) is 0 Å². The molecule has 0 aliphatic carbocycles. The lowest BCUT2D eigenvalue weighted by Crippen LogP contribution is -2.39. The van der Waals surface area contributed by atoms with Crippen molar-refractivity contribution < 1.29 is 4.79 Å². The molecule has 0 unspecified atom stereocenters. The molecule has 0 radical (unpaired) electrons. The Morgan fingerprint density at radius 1 is 1.24 bits per heavy atom. The largest absolute Gasteiger partial charge is 0.325 e. The molecule has 3 aromatic rings. The van der Waals surface area contributed by atoms with E-state index in [0.717, 1.165) is 22.6 Å². The van der Waals surface area contributed by atoms with E-state index in [9.17, 15) is 4.79 Å². The summed E-state index contributed by atoms with van der Waals surface area (Å²) in [5.74, 6) is -0.0958. The second-order valence-corrected chi connectivity index (χ2v) is 5.94. The van der Waals surface area contributed by atoms with Gasteiger partial charge in [-0.2, -0.15) is 10.2 Å². The minimum atomic E-state index is -0.348. The molecule has 2 heterocycles. The van der Waals surface area contributed by atoms with Crippen LogP contribution in [-0.4, -0.2) is 36.9 Å². The lowest BCUT2D eigenvalue weighted by molar-refractivity contribution is -0.117. The topological polar surface area (TPSA) is 101 Å². The first kappa shape index (κ1) is 16.8. The van der Waals surface area contributed by atoms with Crippen LogP contribution in [0.5, 0.6) is 0 Å². The van der Waals surface area contributed by atoms with Crippen LogP contribution in [0.1, 0.15) is 31.1 Å². The number of nitrogens with zero attached hydrogens (tertiary/aromatic N) is 4. The molecule has 8 nitrogen and oxygen atoms in total. The van der Waals surface area contributed by atoms with Crippen molar-refractivity contribution in [3.63, 3.8) is 0 Å². The number of rotatable bonds is 6. The number of H-pyrrole nitrogens is 1. The van der Waals surface area contributed by atoms with Gasteiger partial charge in [-0.15, -0.1) is 0 Å². The van der Waals surface area contributed by atoms with E-state index in [1.807, 2.05) is 45.0 Å². The van der Waals surface area contributed by atoms with Crippen LogP contribution in [0.3, 0.4) is 0 Å². The van der Waals surface area contributed by atoms with Crippen molar-refractivity contribution in [2.45, 2.75) is 32.9 Å². The van der Waals surface area contributed by atoms with Gasteiger partial charge in [0, 0.05) is 23.0 Å². The Bertz CT molecular complexity index is 823. The summed E-state index contributed by atoms with van der Waals surface area (Å²) in [5, 5.41) is 17.2. The van der Waals surface area contributed by atoms with Crippen LogP contribution in [0.4, 0.5) is 5.69 Å². The normalized spacial score (nSPS) is 13.4. The lowest BCUT2D eigenvalue weighted by Gasteiger charge is -2.19. The average Bonchev–Trinajstić information content (AvgIpc) is 3.27. The van der Waals surface area contributed by atoms with Crippen LogP contribution in [0.2, 0.25) is 0 Å². The number of hydrogen-bond acceptors (Lipinski definition) is 5. The maximum absolute atomic E-state index is 12.4. The Morgan fingerprint density at radius 2 is 2.00 bits per heavy atom. The predicted molar refractivity (Wildman–Crippen MR) is 94.3 cm³/mol. The summed E-state index contributed by atoms with van der Waals surface area (Å²) >= 11 is 0. The van der Waals surface area contributed by atoms with E-state index >= 15 is 0 Å². The molecule has 0 saturated heterocycles. The van der Waals surface area contributed by atoms with Gasteiger partial charge in [0.25, 0.3) is 0 Å². The molecule has 130 valence electrons. The van der Waals surface area contributed by atoms with Crippen LogP contribution in [-0.2, 0) is 4.79 Å². The Balaban J connectivity index is 1.59. The predicted octanol–water partition coefficient (Wildman–Crippen LogP) is 1.98. The molecule has 0 aliphatic rings. The number of carbonyl (C=O) groups is 1. The van der Waals surface area contributed by atoms with Gasteiger partial charge in [-0.05, 0) is 45.0 Å². The van der Waals surface area contributed by atoms with Crippen molar-refractivity contribution in [1.29, 1.82) is 0 Å². The molecule has 0 aliphatic heterocycles. The molecule has 8 heteroatoms. The summed E-state index contributed by atoms with van der Waals surface area (Å²) in [6.07, 6.45) is 4.88. The molecule has 0 fully saturated rings. The highest BCUT2D eigenvalue weighted by Gasteiger charge is 2.18. The maximum Gasteiger partial charge on any atom is 0.241 e. The number of amides is 1. The maximum atomic E-state index is 12.4. The SMILES string of the molecule is Cc1[nH]ncc1[C@H](C)N[C@@H](C)C(=O)Nc1ccc(-n2cncn2)cc1. The van der Waals surface area contributed by atoms with Gasteiger partial charge in [-0.25, -0.2) is 9.67 Å². The summed E-state index contributed by atoms with van der Waals surface area (Å²) in [6.45, 7) is 5.81. The van der Waals surface area contributed by atoms with Crippen LogP contribution in [0.15, 0.2) is 43.1 Å². The fourth-order valence-electron chi connectivity index (χ4n) is 2.63. The first-order chi connectivity index (χ1) is 12.0. The Kier molecular flexibility index (Phi) is 4.90. The molecule has 25 heavy (non-hydrogen) atoms. The van der Waals surface area contributed by atoms with Crippen molar-refractivity contribution in [2.75, 3.05) is 5.32 Å². The number of carbonyl (C=O) groups excluding carboxylic acids is 1. The second-order valence-electron chi connectivity index (χ2n) is 5.94. The van der Waals surface area contributed by atoms with E-state index in [1.54, 1.807) is 17.2 Å². The minimum absolute atomic E-state index is 0.0224. The van der Waals surface area contributed by atoms with Gasteiger partial charge in [-0.3, -0.25) is 15.2 Å². The monoisotopic (exact) mass is 339 g/mol. The van der Waals surface area contributed by atoms with Gasteiger partial charge in [0.15, 0.2) is 0 Å². The van der Waals surface area contributed by atoms with E-state index in [1.165, 1.54) is 6.33 Å². The number of hydrogen-bond donors (Lipinski definition) is 3. The van der Waals surface area contributed by atoms with E-state index in [2.05, 4.69) is 30.9 Å². The van der Waals surface area contributed by atoms with E-state index < -0.39 is 0 Å². The van der Waals surface area contributed by atoms with Crippen molar-refractivity contribution in [2.24, 2.45) is 0 Å². The third-order valence-electron chi connectivity index (χ3n) is 4.05. The molecule has 0 spiro atoms. The standard InChI is InChI=1S/C17H21N7O/c1-11(16-8-19-23-12(16)2)21-13(3)17(25)22-14-4-6-15(7-5-14)24-10-18-9-20-24/h4-11,13,21H,1-3H3,(H,19,23)(H,22,25)/t11-,13-/m0/s1. The van der Waals surface area contributed by atoms with Crippen molar-refractivity contribution in [3.8, 4) is 5.69 Å². The van der Waals surface area contributed by atoms with Gasteiger partial charge in [-0.1, -0.05) is 0 Å². The third kappa shape index (κ3) is 3.92. The van der Waals surface area contributed by atoms with Crippen LogP contribution >= 0.6 is 0 Å². The highest BCUT2D eigenvalue weighted by molar-refractivity contribution is 5.94. The quantitative estimate of drug-likeness (QED) is 0.637. The molecule has 3 N–H and O–H groups in total. The van der Waals surface area contributed by atoms with E-state index in [-0.39, 0.29) is 18.0 Å². The third-order valence-corrected chi connectivity index (χ3v) is 4.05. The molecule has 0 bridgehead atoms. The summed E-state index contributed by atoms with van der Waals surface area (Å²) in [7, 11) is 0. The van der Waals surface area contributed by atoms with Crippen LogP contribution < -0.4 is 10.6 Å². The molecule has 3 rings (SSSR count). The molecule has 0 saturated carbocycles. The first-order valence-corrected chi connectivity index (χ1v) is 8.06. The first-order valence-electron chi connectivity index (χ1n) is 8.06. The zero-order valence-corrected chi connectivity index (χ0v) is 14.4. The number of aromatic amines is 1. The average molecular weight is 339 g/mol. The number of nitrogens with one attached hydrogen (secondary N) is 3. The molecule has 2 atom stereocenters. The fraction of sp³-hybridized carbons (Fsp3) is 0.294. The van der Waals surface area contributed by atoms with Crippen molar-refractivity contribution in [1.82, 2.24) is 30.3 Å². The molecule has 1 aromatic carbocycles. The Hall–Kier alpha value is -3.00. The van der Waals surface area contributed by atoms with Crippen molar-refractivity contribution in [3.05, 3.63) is 54.4 Å². The van der Waals surface area contributed by atoms with Gasteiger partial charge >= 0.3 is 0 Å². The lowest BCUT2D eigenvalue weighted by atomic mass is 10.1. The van der Waals surface area contributed by atoms with Crippen molar-refractivity contribution >= 4 is 11.6 Å². The molecule has 2 aromatic heterocycles. The number of aromatic nitrogens is 5. The van der Waals surface area contributed by atoms with E-state index in [4.69, 9.17) is 0 Å². The van der Waals surface area contributed by atoms with Crippen LogP contribution in [0, 0.1) is 6.92 Å². The smallest absolute Gasteiger partial charge is 0.241 e. The number of anilines is 1. The summed E-state index contributed by atoms with van der Waals surface area (Å²) in [4.78, 5) is 16.3. The fourth-order valence-corrected chi connectivity index (χ4v) is 2.63. The highest BCUT2D eigenvalue weighted by atomic mass is 16.2. The summed E-state index contributed by atoms with van der Waals surface area (Å²) in [5.41, 5.74) is 3.66. The number of aryl methyl sites for hydroxylation is 1.